The molecule has 1 aliphatic heterocycles. The van der Waals surface area contributed by atoms with E-state index >= 15 is 0 Å². The molecule has 5 rings (SSSR count). The van der Waals surface area contributed by atoms with E-state index in [9.17, 15) is 0 Å². The third kappa shape index (κ3) is 4.55. The lowest BCUT2D eigenvalue weighted by Gasteiger charge is -2.22. The zero-order chi connectivity index (χ0) is 20.9. The first-order valence-electron chi connectivity index (χ1n) is 10.7. The molecule has 3 heterocycles. The number of rotatable bonds is 6. The smallest absolute Gasteiger partial charge is 0.0786 e. The van der Waals surface area contributed by atoms with E-state index in [0.29, 0.717) is 0 Å². The molecule has 1 aliphatic rings. The van der Waals surface area contributed by atoms with Crippen molar-refractivity contribution in [3.8, 4) is 11.4 Å². The summed E-state index contributed by atoms with van der Waals surface area (Å²) in [7, 11) is 0. The maximum atomic E-state index is 4.29. The second-order valence-electron chi connectivity index (χ2n) is 7.85. The summed E-state index contributed by atoms with van der Waals surface area (Å²) in [4.78, 5) is 4.98. The zero-order valence-electron chi connectivity index (χ0n) is 17.5. The molecule has 2 aromatic carbocycles. The summed E-state index contributed by atoms with van der Waals surface area (Å²) >= 11 is 0. The van der Waals surface area contributed by atoms with Crippen LogP contribution >= 0.6 is 0 Å². The summed E-state index contributed by atoms with van der Waals surface area (Å²) in [6.07, 6.45) is 4.87. The standard InChI is InChI=1S/C23H26N8/c1-3-8-20(9-4-1)30-22(16-24-26-30)18-28-12-7-13-29(15-14-28)19-23-17-25-27-31(23)21-10-5-2-6-11-21/h1-6,8-11,16-17H,7,12-15,18-19H2. The van der Waals surface area contributed by atoms with Crippen molar-refractivity contribution in [2.45, 2.75) is 19.5 Å². The predicted molar refractivity (Wildman–Crippen MR) is 118 cm³/mol. The fraction of sp³-hybridized carbons (Fsp3) is 0.304. The van der Waals surface area contributed by atoms with Gasteiger partial charge >= 0.3 is 0 Å². The van der Waals surface area contributed by atoms with Gasteiger partial charge in [0.25, 0.3) is 0 Å². The molecular weight excluding hydrogens is 388 g/mol. The summed E-state index contributed by atoms with van der Waals surface area (Å²) in [5.41, 5.74) is 4.33. The second-order valence-corrected chi connectivity index (χ2v) is 7.85. The molecule has 0 bridgehead atoms. The Bertz CT molecular complexity index is 1000. The van der Waals surface area contributed by atoms with Gasteiger partial charge in [-0.15, -0.1) is 10.2 Å². The third-order valence-electron chi connectivity index (χ3n) is 5.69. The maximum Gasteiger partial charge on any atom is 0.0786 e. The first-order valence-corrected chi connectivity index (χ1v) is 10.7. The molecule has 1 saturated heterocycles. The minimum absolute atomic E-state index is 0.846. The van der Waals surface area contributed by atoms with Gasteiger partial charge in [-0.25, -0.2) is 9.36 Å². The molecule has 0 atom stereocenters. The Balaban J connectivity index is 1.23. The molecule has 0 spiro atoms. The molecule has 4 aromatic rings. The predicted octanol–water partition coefficient (Wildman–Crippen LogP) is 2.56. The number of benzene rings is 2. The lowest BCUT2D eigenvalue weighted by molar-refractivity contribution is 0.242. The quantitative estimate of drug-likeness (QED) is 0.483. The Hall–Kier alpha value is -3.36. The van der Waals surface area contributed by atoms with Crippen LogP contribution in [0.3, 0.4) is 0 Å². The first kappa shape index (κ1) is 19.6. The Morgan fingerprint density at radius 2 is 1.03 bits per heavy atom. The lowest BCUT2D eigenvalue weighted by Crippen LogP contribution is -2.31. The number of aromatic nitrogens is 6. The lowest BCUT2D eigenvalue weighted by atomic mass is 10.3. The number of para-hydroxylation sites is 2. The fourth-order valence-corrected chi connectivity index (χ4v) is 4.10. The van der Waals surface area contributed by atoms with Gasteiger partial charge in [-0.1, -0.05) is 46.8 Å². The third-order valence-corrected chi connectivity index (χ3v) is 5.69. The fourth-order valence-electron chi connectivity index (χ4n) is 4.10. The van der Waals surface area contributed by atoms with Crippen LogP contribution in [-0.4, -0.2) is 66.0 Å². The average Bonchev–Trinajstić information content (AvgIpc) is 3.42. The van der Waals surface area contributed by atoms with E-state index < -0.39 is 0 Å². The molecule has 1 fully saturated rings. The van der Waals surface area contributed by atoms with Crippen LogP contribution in [-0.2, 0) is 13.1 Å². The van der Waals surface area contributed by atoms with Crippen molar-refractivity contribution in [2.24, 2.45) is 0 Å². The Morgan fingerprint density at radius 3 is 1.48 bits per heavy atom. The van der Waals surface area contributed by atoms with Crippen LogP contribution in [0, 0.1) is 0 Å². The maximum absolute atomic E-state index is 4.29. The van der Waals surface area contributed by atoms with Crippen molar-refractivity contribution in [3.63, 3.8) is 0 Å². The summed E-state index contributed by atoms with van der Waals surface area (Å²) in [6.45, 7) is 5.83. The van der Waals surface area contributed by atoms with Crippen molar-refractivity contribution in [1.82, 2.24) is 39.8 Å². The minimum Gasteiger partial charge on any atom is -0.296 e. The van der Waals surface area contributed by atoms with Gasteiger partial charge in [0.2, 0.25) is 0 Å². The highest BCUT2D eigenvalue weighted by molar-refractivity contribution is 5.32. The van der Waals surface area contributed by atoms with Gasteiger partial charge in [-0.05, 0) is 43.8 Å². The van der Waals surface area contributed by atoms with Crippen molar-refractivity contribution in [2.75, 3.05) is 26.2 Å². The largest absolute Gasteiger partial charge is 0.296 e. The van der Waals surface area contributed by atoms with Crippen LogP contribution in [0.5, 0.6) is 0 Å². The Labute approximate surface area is 181 Å². The van der Waals surface area contributed by atoms with Crippen molar-refractivity contribution in [1.29, 1.82) is 0 Å². The number of hydrogen-bond donors (Lipinski definition) is 0. The van der Waals surface area contributed by atoms with Gasteiger partial charge in [0.05, 0.1) is 35.2 Å². The molecule has 0 unspecified atom stereocenters. The highest BCUT2D eigenvalue weighted by Crippen LogP contribution is 2.15. The van der Waals surface area contributed by atoms with E-state index in [2.05, 4.69) is 54.7 Å². The van der Waals surface area contributed by atoms with E-state index in [1.54, 1.807) is 0 Å². The second kappa shape index (κ2) is 9.20. The molecule has 0 aliphatic carbocycles. The molecule has 0 amide bonds. The number of nitrogens with zero attached hydrogens (tertiary/aromatic N) is 8. The van der Waals surface area contributed by atoms with Gasteiger partial charge < -0.3 is 0 Å². The van der Waals surface area contributed by atoms with Crippen LogP contribution < -0.4 is 0 Å². The molecule has 0 N–H and O–H groups in total. The van der Waals surface area contributed by atoms with Gasteiger partial charge in [0, 0.05) is 26.2 Å². The van der Waals surface area contributed by atoms with E-state index in [1.165, 1.54) is 0 Å². The van der Waals surface area contributed by atoms with Gasteiger partial charge in [0.15, 0.2) is 0 Å². The average molecular weight is 415 g/mol. The molecule has 0 radical (unpaired) electrons. The van der Waals surface area contributed by atoms with Gasteiger partial charge in [0.1, 0.15) is 0 Å². The van der Waals surface area contributed by atoms with Crippen molar-refractivity contribution in [3.05, 3.63) is 84.4 Å². The topological polar surface area (TPSA) is 67.9 Å². The molecule has 158 valence electrons. The highest BCUT2D eigenvalue weighted by Gasteiger charge is 2.19. The van der Waals surface area contributed by atoms with E-state index in [0.717, 1.165) is 68.5 Å². The van der Waals surface area contributed by atoms with Crippen LogP contribution in [0.4, 0.5) is 0 Å². The van der Waals surface area contributed by atoms with Gasteiger partial charge in [-0.3, -0.25) is 9.80 Å². The van der Waals surface area contributed by atoms with E-state index in [-0.39, 0.29) is 0 Å². The van der Waals surface area contributed by atoms with Crippen LogP contribution in [0.2, 0.25) is 0 Å². The van der Waals surface area contributed by atoms with Crippen LogP contribution in [0.15, 0.2) is 73.1 Å². The summed E-state index contributed by atoms with van der Waals surface area (Å²) < 4.78 is 3.87. The molecule has 31 heavy (non-hydrogen) atoms. The molecule has 0 saturated carbocycles. The van der Waals surface area contributed by atoms with Gasteiger partial charge in [-0.2, -0.15) is 0 Å². The highest BCUT2D eigenvalue weighted by atomic mass is 15.4. The van der Waals surface area contributed by atoms with E-state index in [4.69, 9.17) is 0 Å². The van der Waals surface area contributed by atoms with Crippen LogP contribution in [0.1, 0.15) is 17.8 Å². The molecule has 8 nitrogen and oxygen atoms in total. The normalized spacial score (nSPS) is 15.7. The number of hydrogen-bond acceptors (Lipinski definition) is 6. The van der Waals surface area contributed by atoms with Crippen molar-refractivity contribution >= 4 is 0 Å². The first-order chi connectivity index (χ1) is 15.4. The molecular formula is C23H26N8. The summed E-state index contributed by atoms with van der Waals surface area (Å²) in [5.74, 6) is 0. The Kier molecular flexibility index (Phi) is 5.81. The van der Waals surface area contributed by atoms with Crippen LogP contribution in [0.25, 0.3) is 11.4 Å². The van der Waals surface area contributed by atoms with Crippen molar-refractivity contribution < 1.29 is 0 Å². The zero-order valence-corrected chi connectivity index (χ0v) is 17.5. The monoisotopic (exact) mass is 414 g/mol. The summed E-state index contributed by atoms with van der Waals surface area (Å²) in [6, 6.07) is 20.4. The summed E-state index contributed by atoms with van der Waals surface area (Å²) in [5, 5.41) is 16.9. The van der Waals surface area contributed by atoms with E-state index in [1.807, 2.05) is 58.2 Å². The SMILES string of the molecule is c1ccc(-n2nncc2CN2CCCN(Cc3cnnn3-c3ccccc3)CC2)cc1. The minimum atomic E-state index is 0.846. The molecule has 8 heteroatoms. The Morgan fingerprint density at radius 1 is 0.581 bits per heavy atom. The molecule has 2 aromatic heterocycles.